The summed E-state index contributed by atoms with van der Waals surface area (Å²) < 4.78 is 0. The van der Waals surface area contributed by atoms with Crippen LogP contribution in [0.5, 0.6) is 0 Å². The minimum Gasteiger partial charge on any atom is -0.398 e. The number of halogens is 2. The lowest BCUT2D eigenvalue weighted by molar-refractivity contribution is 0.0954. The third-order valence-corrected chi connectivity index (χ3v) is 3.44. The first-order valence-corrected chi connectivity index (χ1v) is 6.92. The van der Waals surface area contributed by atoms with Crippen LogP contribution in [0.4, 0.5) is 5.69 Å². The largest absolute Gasteiger partial charge is 0.398 e. The zero-order valence-corrected chi connectivity index (χ0v) is 13.1. The number of nitrogens with one attached hydrogen (secondary N) is 1. The van der Waals surface area contributed by atoms with E-state index >= 15 is 0 Å². The summed E-state index contributed by atoms with van der Waals surface area (Å²) in [5.74, 6) is -0.137. The molecule has 0 unspecified atom stereocenters. The quantitative estimate of drug-likeness (QED) is 0.650. The molecule has 0 radical (unpaired) electrons. The smallest absolute Gasteiger partial charge is 0.253 e. The standard InChI is InChI=1S/C16H17ClN2O.ClH/c17-14-9-3-1-6-12(14)7-5-11-19-16(20)13-8-2-4-10-15(13)18;/h1-4,6,8-10H,5,7,11,18H2,(H,19,20);1H. The molecular formula is C16H18Cl2N2O. The third kappa shape index (κ3) is 4.96. The van der Waals surface area contributed by atoms with Crippen LogP contribution in [-0.2, 0) is 6.42 Å². The van der Waals surface area contributed by atoms with Crippen LogP contribution in [0.15, 0.2) is 48.5 Å². The maximum atomic E-state index is 11.9. The summed E-state index contributed by atoms with van der Waals surface area (Å²) in [6.07, 6.45) is 1.67. The van der Waals surface area contributed by atoms with Crippen molar-refractivity contribution >= 4 is 35.6 Å². The van der Waals surface area contributed by atoms with Gasteiger partial charge in [0.1, 0.15) is 0 Å². The van der Waals surface area contributed by atoms with Gasteiger partial charge in [-0.1, -0.05) is 41.9 Å². The van der Waals surface area contributed by atoms with Crippen LogP contribution in [0.1, 0.15) is 22.3 Å². The number of carbonyl (C=O) groups is 1. The molecule has 0 spiro atoms. The maximum Gasteiger partial charge on any atom is 0.253 e. The van der Waals surface area contributed by atoms with Crippen LogP contribution < -0.4 is 11.1 Å². The molecule has 0 bridgehead atoms. The van der Waals surface area contributed by atoms with Crippen LogP contribution in [-0.4, -0.2) is 12.5 Å². The number of nitrogens with two attached hydrogens (primary N) is 1. The van der Waals surface area contributed by atoms with Crippen LogP contribution in [0, 0.1) is 0 Å². The fourth-order valence-electron chi connectivity index (χ4n) is 1.98. The van der Waals surface area contributed by atoms with Crippen LogP contribution in [0.25, 0.3) is 0 Å². The molecule has 0 aliphatic rings. The summed E-state index contributed by atoms with van der Waals surface area (Å²) in [6.45, 7) is 0.596. The average Bonchev–Trinajstić information content (AvgIpc) is 2.45. The number of rotatable bonds is 5. The Morgan fingerprint density at radius 2 is 1.76 bits per heavy atom. The molecule has 0 atom stereocenters. The summed E-state index contributed by atoms with van der Waals surface area (Å²) in [5.41, 5.74) is 7.87. The van der Waals surface area contributed by atoms with Gasteiger partial charge in [-0.15, -0.1) is 12.4 Å². The van der Waals surface area contributed by atoms with Crippen LogP contribution in [0.3, 0.4) is 0 Å². The van der Waals surface area contributed by atoms with E-state index in [0.29, 0.717) is 17.8 Å². The normalized spacial score (nSPS) is 9.76. The molecule has 5 heteroatoms. The van der Waals surface area contributed by atoms with E-state index in [1.165, 1.54) is 0 Å². The van der Waals surface area contributed by atoms with Crippen LogP contribution >= 0.6 is 24.0 Å². The SMILES string of the molecule is Cl.Nc1ccccc1C(=O)NCCCc1ccccc1Cl. The lowest BCUT2D eigenvalue weighted by Gasteiger charge is -2.08. The van der Waals surface area contributed by atoms with Crippen molar-refractivity contribution in [3.63, 3.8) is 0 Å². The van der Waals surface area contributed by atoms with Gasteiger partial charge in [-0.3, -0.25) is 4.79 Å². The Balaban J connectivity index is 0.00000220. The maximum absolute atomic E-state index is 11.9. The summed E-state index contributed by atoms with van der Waals surface area (Å²) in [5, 5.41) is 3.64. The molecule has 3 N–H and O–H groups in total. The van der Waals surface area contributed by atoms with Gasteiger partial charge >= 0.3 is 0 Å². The Morgan fingerprint density at radius 1 is 1.10 bits per heavy atom. The highest BCUT2D eigenvalue weighted by atomic mass is 35.5. The van der Waals surface area contributed by atoms with Crippen molar-refractivity contribution in [1.29, 1.82) is 0 Å². The fourth-order valence-corrected chi connectivity index (χ4v) is 2.21. The minimum atomic E-state index is -0.137. The molecule has 0 heterocycles. The Bertz CT molecular complexity index is 602. The van der Waals surface area contributed by atoms with Gasteiger partial charge in [-0.05, 0) is 36.6 Å². The van der Waals surface area contributed by atoms with Gasteiger partial charge < -0.3 is 11.1 Å². The Morgan fingerprint density at radius 3 is 2.48 bits per heavy atom. The number of hydrogen-bond acceptors (Lipinski definition) is 2. The molecule has 0 aromatic heterocycles. The van der Waals surface area contributed by atoms with Gasteiger partial charge in [0.05, 0.1) is 5.56 Å². The first-order valence-electron chi connectivity index (χ1n) is 6.54. The predicted molar refractivity (Wildman–Crippen MR) is 90.2 cm³/mol. The van der Waals surface area contributed by atoms with Crippen molar-refractivity contribution in [1.82, 2.24) is 5.32 Å². The molecule has 2 aromatic carbocycles. The van der Waals surface area contributed by atoms with E-state index in [-0.39, 0.29) is 18.3 Å². The van der Waals surface area contributed by atoms with Crippen molar-refractivity contribution in [3.05, 3.63) is 64.7 Å². The van der Waals surface area contributed by atoms with E-state index in [1.54, 1.807) is 18.2 Å². The highest BCUT2D eigenvalue weighted by Gasteiger charge is 2.07. The van der Waals surface area contributed by atoms with Crippen LogP contribution in [0.2, 0.25) is 5.02 Å². The minimum absolute atomic E-state index is 0. The number of benzene rings is 2. The number of anilines is 1. The van der Waals surface area contributed by atoms with Crippen molar-refractivity contribution in [2.45, 2.75) is 12.8 Å². The molecule has 112 valence electrons. The number of aryl methyl sites for hydroxylation is 1. The predicted octanol–water partition coefficient (Wildman–Crippen LogP) is 3.71. The summed E-state index contributed by atoms with van der Waals surface area (Å²) in [7, 11) is 0. The second-order valence-corrected chi connectivity index (χ2v) is 4.95. The summed E-state index contributed by atoms with van der Waals surface area (Å²) in [4.78, 5) is 11.9. The number of carbonyl (C=O) groups excluding carboxylic acids is 1. The molecule has 2 rings (SSSR count). The van der Waals surface area contributed by atoms with E-state index in [0.717, 1.165) is 23.4 Å². The molecular weight excluding hydrogens is 307 g/mol. The first kappa shape index (κ1) is 17.3. The van der Waals surface area contributed by atoms with Crippen molar-refractivity contribution in [3.8, 4) is 0 Å². The Hall–Kier alpha value is -1.71. The third-order valence-electron chi connectivity index (χ3n) is 3.07. The van der Waals surface area contributed by atoms with Gasteiger partial charge in [-0.2, -0.15) is 0 Å². The molecule has 1 amide bonds. The highest BCUT2D eigenvalue weighted by molar-refractivity contribution is 6.31. The zero-order chi connectivity index (χ0) is 14.4. The molecule has 0 saturated carbocycles. The van der Waals surface area contributed by atoms with E-state index in [1.807, 2.05) is 30.3 Å². The Labute approximate surface area is 135 Å². The van der Waals surface area contributed by atoms with Gasteiger partial charge in [0.15, 0.2) is 0 Å². The van der Waals surface area contributed by atoms with E-state index in [4.69, 9.17) is 17.3 Å². The lowest BCUT2D eigenvalue weighted by Crippen LogP contribution is -2.25. The monoisotopic (exact) mass is 324 g/mol. The summed E-state index contributed by atoms with van der Waals surface area (Å²) in [6, 6.07) is 14.8. The topological polar surface area (TPSA) is 55.1 Å². The highest BCUT2D eigenvalue weighted by Crippen LogP contribution is 2.16. The van der Waals surface area contributed by atoms with Gasteiger partial charge in [0, 0.05) is 17.3 Å². The number of nitrogen functional groups attached to an aromatic ring is 1. The number of hydrogen-bond donors (Lipinski definition) is 2. The average molecular weight is 325 g/mol. The lowest BCUT2D eigenvalue weighted by atomic mass is 10.1. The molecule has 0 aliphatic heterocycles. The van der Waals surface area contributed by atoms with Gasteiger partial charge in [0.2, 0.25) is 0 Å². The van der Waals surface area contributed by atoms with E-state index in [9.17, 15) is 4.79 Å². The number of para-hydroxylation sites is 1. The number of amides is 1. The molecule has 0 aliphatic carbocycles. The van der Waals surface area contributed by atoms with E-state index in [2.05, 4.69) is 5.32 Å². The molecule has 21 heavy (non-hydrogen) atoms. The molecule has 3 nitrogen and oxygen atoms in total. The van der Waals surface area contributed by atoms with Gasteiger partial charge in [0.25, 0.3) is 5.91 Å². The summed E-state index contributed by atoms with van der Waals surface area (Å²) >= 11 is 6.08. The Kier molecular flexibility index (Phi) is 7.06. The van der Waals surface area contributed by atoms with Crippen molar-refractivity contribution in [2.75, 3.05) is 12.3 Å². The molecule has 2 aromatic rings. The second kappa shape index (κ2) is 8.55. The second-order valence-electron chi connectivity index (χ2n) is 4.54. The van der Waals surface area contributed by atoms with Crippen molar-refractivity contribution in [2.24, 2.45) is 0 Å². The first-order chi connectivity index (χ1) is 9.68. The van der Waals surface area contributed by atoms with E-state index < -0.39 is 0 Å². The van der Waals surface area contributed by atoms with Gasteiger partial charge in [-0.25, -0.2) is 0 Å². The molecule has 0 saturated heterocycles. The zero-order valence-electron chi connectivity index (χ0n) is 11.5. The fraction of sp³-hybridized carbons (Fsp3) is 0.188. The molecule has 0 fully saturated rings. The van der Waals surface area contributed by atoms with Crippen molar-refractivity contribution < 1.29 is 4.79 Å².